The van der Waals surface area contributed by atoms with Crippen LogP contribution in [0.2, 0.25) is 0 Å². The van der Waals surface area contributed by atoms with Gasteiger partial charge < -0.3 is 4.40 Å². The molecule has 20 heavy (non-hydrogen) atoms. The molecule has 1 aliphatic rings. The quantitative estimate of drug-likeness (QED) is 0.740. The van der Waals surface area contributed by atoms with Crippen molar-refractivity contribution >= 4 is 5.65 Å². The van der Waals surface area contributed by atoms with Crippen LogP contribution in [0.4, 0.5) is 0 Å². The molecule has 1 aliphatic heterocycles. The van der Waals surface area contributed by atoms with Gasteiger partial charge in [-0.05, 0) is 29.3 Å². The highest BCUT2D eigenvalue weighted by Crippen LogP contribution is 2.32. The number of pyridine rings is 2. The first-order valence-electron chi connectivity index (χ1n) is 6.73. The fourth-order valence-electron chi connectivity index (χ4n) is 2.85. The zero-order valence-electron chi connectivity index (χ0n) is 10.9. The minimum atomic E-state index is 0.263. The summed E-state index contributed by atoms with van der Waals surface area (Å²) in [6, 6.07) is 8.62. The van der Waals surface area contributed by atoms with Gasteiger partial charge in [-0.25, -0.2) is 10.4 Å². The number of aromatic nitrogens is 3. The molecule has 5 heteroatoms. The van der Waals surface area contributed by atoms with Gasteiger partial charge in [0.1, 0.15) is 5.65 Å². The summed E-state index contributed by atoms with van der Waals surface area (Å²) in [5.74, 6) is 0.393. The minimum Gasteiger partial charge on any atom is -0.307 e. The lowest BCUT2D eigenvalue weighted by Gasteiger charge is -2.19. The number of rotatable bonds is 2. The molecule has 3 aromatic heterocycles. The molecule has 4 heterocycles. The normalized spacial score (nSPS) is 22.4. The Hall–Kier alpha value is -2.24. The highest BCUT2D eigenvalue weighted by molar-refractivity contribution is 5.41. The second-order valence-corrected chi connectivity index (χ2v) is 5.05. The second-order valence-electron chi connectivity index (χ2n) is 5.05. The third kappa shape index (κ3) is 1.88. The van der Waals surface area contributed by atoms with Crippen LogP contribution in [0.25, 0.3) is 5.65 Å². The van der Waals surface area contributed by atoms with E-state index in [1.54, 1.807) is 0 Å². The smallest absolute Gasteiger partial charge is 0.136 e. The summed E-state index contributed by atoms with van der Waals surface area (Å²) >= 11 is 0. The van der Waals surface area contributed by atoms with Crippen LogP contribution in [-0.2, 0) is 0 Å². The molecule has 1 saturated heterocycles. The van der Waals surface area contributed by atoms with Crippen LogP contribution in [0.1, 0.15) is 23.1 Å². The summed E-state index contributed by atoms with van der Waals surface area (Å²) in [5, 5.41) is 0. The van der Waals surface area contributed by atoms with Gasteiger partial charge in [-0.15, -0.1) is 0 Å². The van der Waals surface area contributed by atoms with Crippen molar-refractivity contribution in [2.75, 3.05) is 6.54 Å². The maximum absolute atomic E-state index is 4.29. The monoisotopic (exact) mass is 265 g/mol. The molecule has 0 saturated carbocycles. The van der Waals surface area contributed by atoms with E-state index >= 15 is 0 Å². The van der Waals surface area contributed by atoms with Crippen molar-refractivity contribution in [3.63, 3.8) is 0 Å². The lowest BCUT2D eigenvalue weighted by molar-refractivity contribution is 0.553. The average molecular weight is 265 g/mol. The minimum absolute atomic E-state index is 0.263. The molecule has 0 aromatic carbocycles. The van der Waals surface area contributed by atoms with Crippen molar-refractivity contribution < 1.29 is 0 Å². The van der Waals surface area contributed by atoms with Crippen molar-refractivity contribution in [2.24, 2.45) is 0 Å². The standard InChI is InChI=1S/C15H15N5/c1-2-14-17-7-8-20(14)10-12(1)13-9-18-19-15(13)11-3-5-16-6-4-11/h1-8,10,13,15,18-19H,9H2. The van der Waals surface area contributed by atoms with Crippen molar-refractivity contribution in [2.45, 2.75) is 12.0 Å². The van der Waals surface area contributed by atoms with Crippen molar-refractivity contribution in [3.8, 4) is 0 Å². The Morgan fingerprint density at radius 1 is 1.05 bits per heavy atom. The maximum Gasteiger partial charge on any atom is 0.136 e. The molecule has 2 atom stereocenters. The molecule has 3 aromatic rings. The van der Waals surface area contributed by atoms with Gasteiger partial charge in [0.05, 0.1) is 6.04 Å². The number of hydrogen-bond donors (Lipinski definition) is 2. The Kier molecular flexibility index (Phi) is 2.72. The van der Waals surface area contributed by atoms with Gasteiger partial charge in [-0.2, -0.15) is 0 Å². The third-order valence-electron chi connectivity index (χ3n) is 3.89. The summed E-state index contributed by atoms with van der Waals surface area (Å²) in [6.07, 6.45) is 9.65. The number of nitrogens with zero attached hydrogens (tertiary/aromatic N) is 3. The van der Waals surface area contributed by atoms with Gasteiger partial charge in [-0.3, -0.25) is 10.4 Å². The van der Waals surface area contributed by atoms with Crippen LogP contribution in [-0.4, -0.2) is 20.9 Å². The van der Waals surface area contributed by atoms with Gasteiger partial charge in [0.2, 0.25) is 0 Å². The molecule has 1 fully saturated rings. The van der Waals surface area contributed by atoms with E-state index in [2.05, 4.69) is 55.7 Å². The van der Waals surface area contributed by atoms with Gasteiger partial charge in [0, 0.05) is 43.4 Å². The number of imidazole rings is 1. The lowest BCUT2D eigenvalue weighted by atomic mass is 9.90. The zero-order chi connectivity index (χ0) is 13.4. The third-order valence-corrected chi connectivity index (χ3v) is 3.89. The van der Waals surface area contributed by atoms with E-state index < -0.39 is 0 Å². The summed E-state index contributed by atoms with van der Waals surface area (Å²) in [7, 11) is 0. The summed E-state index contributed by atoms with van der Waals surface area (Å²) < 4.78 is 2.07. The Bertz CT molecular complexity index is 721. The molecule has 0 amide bonds. The first-order chi connectivity index (χ1) is 9.92. The van der Waals surface area contributed by atoms with E-state index in [9.17, 15) is 0 Å². The molecule has 2 unspecified atom stereocenters. The number of nitrogens with one attached hydrogen (secondary N) is 2. The maximum atomic E-state index is 4.29. The second kappa shape index (κ2) is 4.70. The van der Waals surface area contributed by atoms with E-state index in [-0.39, 0.29) is 6.04 Å². The van der Waals surface area contributed by atoms with Gasteiger partial charge in [-0.1, -0.05) is 6.07 Å². The molecule has 2 N–H and O–H groups in total. The van der Waals surface area contributed by atoms with E-state index in [1.165, 1.54) is 11.1 Å². The Balaban J connectivity index is 1.72. The van der Waals surface area contributed by atoms with E-state index in [0.717, 1.165) is 12.2 Å². The summed E-state index contributed by atoms with van der Waals surface area (Å²) in [5.41, 5.74) is 10.2. The molecular formula is C15H15N5. The zero-order valence-corrected chi connectivity index (χ0v) is 10.9. The van der Waals surface area contributed by atoms with Crippen LogP contribution in [0.5, 0.6) is 0 Å². The number of hydrogen-bond acceptors (Lipinski definition) is 4. The summed E-state index contributed by atoms with van der Waals surface area (Å²) in [4.78, 5) is 8.38. The lowest BCUT2D eigenvalue weighted by Crippen LogP contribution is -2.24. The van der Waals surface area contributed by atoms with Crippen molar-refractivity contribution in [1.29, 1.82) is 0 Å². The van der Waals surface area contributed by atoms with E-state index in [0.29, 0.717) is 5.92 Å². The molecular weight excluding hydrogens is 250 g/mol. The Morgan fingerprint density at radius 2 is 1.95 bits per heavy atom. The largest absolute Gasteiger partial charge is 0.307 e. The number of fused-ring (bicyclic) bond motifs is 1. The molecule has 100 valence electrons. The topological polar surface area (TPSA) is 54.2 Å². The van der Waals surface area contributed by atoms with Gasteiger partial charge in [0.25, 0.3) is 0 Å². The molecule has 5 nitrogen and oxygen atoms in total. The van der Waals surface area contributed by atoms with E-state index in [1.807, 2.05) is 24.8 Å². The van der Waals surface area contributed by atoms with Crippen LogP contribution in [0.3, 0.4) is 0 Å². The molecule has 4 rings (SSSR count). The van der Waals surface area contributed by atoms with Gasteiger partial charge >= 0.3 is 0 Å². The molecule has 0 aliphatic carbocycles. The van der Waals surface area contributed by atoms with Crippen LogP contribution in [0.15, 0.2) is 55.2 Å². The van der Waals surface area contributed by atoms with Crippen LogP contribution in [0, 0.1) is 0 Å². The van der Waals surface area contributed by atoms with E-state index in [4.69, 9.17) is 0 Å². The van der Waals surface area contributed by atoms with Gasteiger partial charge in [0.15, 0.2) is 0 Å². The number of hydrazine groups is 1. The first kappa shape index (κ1) is 11.6. The van der Waals surface area contributed by atoms with Crippen molar-refractivity contribution in [1.82, 2.24) is 25.2 Å². The molecule has 0 spiro atoms. The molecule has 0 bridgehead atoms. The summed E-state index contributed by atoms with van der Waals surface area (Å²) in [6.45, 7) is 0.910. The fourth-order valence-corrected chi connectivity index (χ4v) is 2.85. The first-order valence-corrected chi connectivity index (χ1v) is 6.73. The Morgan fingerprint density at radius 3 is 2.85 bits per heavy atom. The molecule has 0 radical (unpaired) electrons. The SMILES string of the molecule is c1cc(C2NNCC2c2ccc3nccn3c2)ccn1. The van der Waals surface area contributed by atoms with Crippen molar-refractivity contribution in [3.05, 3.63) is 66.4 Å². The highest BCUT2D eigenvalue weighted by atomic mass is 15.4. The van der Waals surface area contributed by atoms with Crippen LogP contribution >= 0.6 is 0 Å². The fraction of sp³-hybridized carbons (Fsp3) is 0.200. The average Bonchev–Trinajstić information content (AvgIpc) is 3.16. The van der Waals surface area contributed by atoms with Crippen LogP contribution < -0.4 is 10.9 Å². The predicted molar refractivity (Wildman–Crippen MR) is 76.0 cm³/mol. The Labute approximate surface area is 116 Å². The predicted octanol–water partition coefficient (Wildman–Crippen LogP) is 1.66. The highest BCUT2D eigenvalue weighted by Gasteiger charge is 2.29.